The lowest BCUT2D eigenvalue weighted by Crippen LogP contribution is -1.96. The molecule has 0 N–H and O–H groups in total. The van der Waals surface area contributed by atoms with Gasteiger partial charge in [0.05, 0.1) is 9.35 Å². The van der Waals surface area contributed by atoms with Crippen LogP contribution in [0.3, 0.4) is 0 Å². The Balaban J connectivity index is 1.70. The average Bonchev–Trinajstić information content (AvgIpc) is 3.08. The van der Waals surface area contributed by atoms with Crippen LogP contribution < -0.4 is 4.74 Å². The number of rotatable bonds is 4. The van der Waals surface area contributed by atoms with E-state index in [-0.39, 0.29) is 12.4 Å². The molecule has 1 aromatic carbocycles. The molecule has 2 heterocycles. The van der Waals surface area contributed by atoms with Crippen LogP contribution in [0.25, 0.3) is 10.7 Å². The van der Waals surface area contributed by atoms with Crippen molar-refractivity contribution in [1.82, 2.24) is 10.1 Å². The molecule has 0 aliphatic carbocycles. The van der Waals surface area contributed by atoms with E-state index in [4.69, 9.17) is 9.26 Å². The second kappa shape index (κ2) is 5.72. The van der Waals surface area contributed by atoms with E-state index >= 15 is 0 Å². The molecule has 0 saturated carbocycles. The number of benzene rings is 1. The Bertz CT molecular complexity index is 715. The molecule has 0 spiro atoms. The molecular formula is C13H8BrFN2O2S. The van der Waals surface area contributed by atoms with Gasteiger partial charge in [-0.15, -0.1) is 11.3 Å². The molecule has 0 amide bonds. The summed E-state index contributed by atoms with van der Waals surface area (Å²) in [6.07, 6.45) is 0. The summed E-state index contributed by atoms with van der Waals surface area (Å²) in [4.78, 5) is 5.17. The first kappa shape index (κ1) is 13.3. The van der Waals surface area contributed by atoms with Crippen molar-refractivity contribution in [3.05, 3.63) is 51.9 Å². The Kier molecular flexibility index (Phi) is 3.79. The summed E-state index contributed by atoms with van der Waals surface area (Å²) in [5, 5.41) is 5.82. The lowest BCUT2D eigenvalue weighted by atomic mass is 10.3. The van der Waals surface area contributed by atoms with Gasteiger partial charge in [-0.1, -0.05) is 11.2 Å². The highest BCUT2D eigenvalue weighted by molar-refractivity contribution is 9.10. The van der Waals surface area contributed by atoms with Crippen molar-refractivity contribution >= 4 is 27.3 Å². The molecule has 0 radical (unpaired) electrons. The van der Waals surface area contributed by atoms with Crippen molar-refractivity contribution in [1.29, 1.82) is 0 Å². The number of hydrogen-bond donors (Lipinski definition) is 0. The summed E-state index contributed by atoms with van der Waals surface area (Å²) >= 11 is 4.76. The summed E-state index contributed by atoms with van der Waals surface area (Å²) in [5.74, 6) is 1.09. The number of thiophene rings is 1. The average molecular weight is 355 g/mol. The highest BCUT2D eigenvalue weighted by Crippen LogP contribution is 2.26. The van der Waals surface area contributed by atoms with Crippen LogP contribution >= 0.6 is 27.3 Å². The van der Waals surface area contributed by atoms with E-state index < -0.39 is 0 Å². The molecule has 3 rings (SSSR count). The van der Waals surface area contributed by atoms with Crippen molar-refractivity contribution in [3.8, 4) is 16.5 Å². The van der Waals surface area contributed by atoms with Crippen LogP contribution in [0.15, 0.2) is 44.7 Å². The third-order valence-electron chi connectivity index (χ3n) is 2.45. The van der Waals surface area contributed by atoms with E-state index in [1.807, 2.05) is 17.5 Å². The maximum Gasteiger partial charge on any atom is 0.264 e. The third-order valence-corrected chi connectivity index (χ3v) is 3.94. The van der Waals surface area contributed by atoms with Crippen molar-refractivity contribution in [3.63, 3.8) is 0 Å². The van der Waals surface area contributed by atoms with E-state index in [0.29, 0.717) is 21.9 Å². The molecule has 0 unspecified atom stereocenters. The topological polar surface area (TPSA) is 48.2 Å². The molecule has 102 valence electrons. The van der Waals surface area contributed by atoms with E-state index in [0.717, 1.165) is 4.88 Å². The fourth-order valence-corrected chi connectivity index (χ4v) is 2.67. The van der Waals surface area contributed by atoms with Gasteiger partial charge < -0.3 is 9.26 Å². The van der Waals surface area contributed by atoms with Crippen molar-refractivity contribution in [2.45, 2.75) is 6.61 Å². The normalized spacial score (nSPS) is 10.7. The summed E-state index contributed by atoms with van der Waals surface area (Å²) in [6, 6.07) is 8.03. The van der Waals surface area contributed by atoms with Gasteiger partial charge in [-0.05, 0) is 45.6 Å². The zero-order valence-corrected chi connectivity index (χ0v) is 12.4. The Morgan fingerprint density at radius 1 is 1.35 bits per heavy atom. The molecule has 0 saturated heterocycles. The van der Waals surface area contributed by atoms with Crippen LogP contribution in [0.1, 0.15) is 5.89 Å². The van der Waals surface area contributed by atoms with Crippen LogP contribution in [0, 0.1) is 5.82 Å². The van der Waals surface area contributed by atoms with E-state index in [2.05, 4.69) is 26.1 Å². The van der Waals surface area contributed by atoms with Gasteiger partial charge in [-0.3, -0.25) is 0 Å². The summed E-state index contributed by atoms with van der Waals surface area (Å²) < 4.78 is 24.1. The molecule has 3 aromatic rings. The molecular weight excluding hydrogens is 347 g/mol. The van der Waals surface area contributed by atoms with Crippen LogP contribution in [0.2, 0.25) is 0 Å². The predicted octanol–water partition coefficient (Wildman–Crippen LogP) is 4.28. The number of halogens is 2. The van der Waals surface area contributed by atoms with E-state index in [1.54, 1.807) is 0 Å². The lowest BCUT2D eigenvalue weighted by molar-refractivity contribution is 0.241. The SMILES string of the molecule is Fc1ccc(OCc2nc(-c3cccs3)no2)c(Br)c1. The molecule has 2 aromatic heterocycles. The zero-order valence-electron chi connectivity index (χ0n) is 10.0. The van der Waals surface area contributed by atoms with Gasteiger partial charge in [0.1, 0.15) is 11.6 Å². The highest BCUT2D eigenvalue weighted by atomic mass is 79.9. The molecule has 0 aliphatic rings. The lowest BCUT2D eigenvalue weighted by Gasteiger charge is -2.05. The minimum Gasteiger partial charge on any atom is -0.483 e. The van der Waals surface area contributed by atoms with Crippen molar-refractivity contribution < 1.29 is 13.7 Å². The minimum atomic E-state index is -0.331. The predicted molar refractivity (Wildman–Crippen MR) is 76.0 cm³/mol. The smallest absolute Gasteiger partial charge is 0.264 e. The van der Waals surface area contributed by atoms with E-state index in [9.17, 15) is 4.39 Å². The quantitative estimate of drug-likeness (QED) is 0.701. The maximum absolute atomic E-state index is 12.9. The van der Waals surface area contributed by atoms with Crippen molar-refractivity contribution in [2.24, 2.45) is 0 Å². The molecule has 4 nitrogen and oxygen atoms in total. The van der Waals surface area contributed by atoms with E-state index in [1.165, 1.54) is 29.5 Å². The van der Waals surface area contributed by atoms with Crippen LogP contribution in [0.4, 0.5) is 4.39 Å². The number of ether oxygens (including phenoxy) is 1. The van der Waals surface area contributed by atoms with Gasteiger partial charge in [0.15, 0.2) is 6.61 Å². The highest BCUT2D eigenvalue weighted by Gasteiger charge is 2.11. The molecule has 0 bridgehead atoms. The fourth-order valence-electron chi connectivity index (χ4n) is 1.55. The summed E-state index contributed by atoms with van der Waals surface area (Å²) in [7, 11) is 0. The van der Waals surface area contributed by atoms with Gasteiger partial charge in [0.25, 0.3) is 5.89 Å². The van der Waals surface area contributed by atoms with Gasteiger partial charge >= 0.3 is 0 Å². The van der Waals surface area contributed by atoms with Gasteiger partial charge in [-0.2, -0.15) is 4.98 Å². The van der Waals surface area contributed by atoms with Gasteiger partial charge in [0, 0.05) is 0 Å². The second-order valence-electron chi connectivity index (χ2n) is 3.85. The molecule has 0 atom stereocenters. The van der Waals surface area contributed by atoms with Gasteiger partial charge in [0.2, 0.25) is 5.82 Å². The summed E-state index contributed by atoms with van der Waals surface area (Å²) in [6.45, 7) is 0.128. The monoisotopic (exact) mass is 354 g/mol. The Morgan fingerprint density at radius 3 is 3.00 bits per heavy atom. The maximum atomic E-state index is 12.9. The first-order valence-corrected chi connectivity index (χ1v) is 7.34. The first-order valence-electron chi connectivity index (χ1n) is 5.67. The number of aromatic nitrogens is 2. The summed E-state index contributed by atoms with van der Waals surface area (Å²) in [5.41, 5.74) is 0. The third kappa shape index (κ3) is 2.88. The van der Waals surface area contributed by atoms with Crippen molar-refractivity contribution in [2.75, 3.05) is 0 Å². The molecule has 0 fully saturated rings. The van der Waals surface area contributed by atoms with Crippen LogP contribution in [-0.2, 0) is 6.61 Å². The van der Waals surface area contributed by atoms with Crippen LogP contribution in [0.5, 0.6) is 5.75 Å². The van der Waals surface area contributed by atoms with Gasteiger partial charge in [-0.25, -0.2) is 4.39 Å². The number of nitrogens with zero attached hydrogens (tertiary/aromatic N) is 2. The molecule has 7 heteroatoms. The second-order valence-corrected chi connectivity index (χ2v) is 5.65. The Morgan fingerprint density at radius 2 is 2.25 bits per heavy atom. The zero-order chi connectivity index (χ0) is 13.9. The van der Waals surface area contributed by atoms with Crippen LogP contribution in [-0.4, -0.2) is 10.1 Å². The largest absolute Gasteiger partial charge is 0.483 e. The fraction of sp³-hybridized carbons (Fsp3) is 0.0769. The Hall–Kier alpha value is -1.73. The molecule has 20 heavy (non-hydrogen) atoms. The molecule has 0 aliphatic heterocycles. The minimum absolute atomic E-state index is 0.128. The Labute approximate surface area is 126 Å². The standard InChI is InChI=1S/C13H8BrFN2O2S/c14-9-6-8(15)3-4-10(9)18-7-12-16-13(17-19-12)11-2-1-5-20-11/h1-6H,7H2. The number of hydrogen-bond acceptors (Lipinski definition) is 5. The first-order chi connectivity index (χ1) is 9.72.